The molecule has 0 aromatic carbocycles. The van der Waals surface area contributed by atoms with Crippen LogP contribution in [0, 0.1) is 0 Å². The highest BCUT2D eigenvalue weighted by molar-refractivity contribution is 4.90. The molecule has 0 radical (unpaired) electrons. The third kappa shape index (κ3) is 1.52. The maximum Gasteiger partial charge on any atom is 0.111 e. The zero-order valence-corrected chi connectivity index (χ0v) is 6.05. The minimum absolute atomic E-state index is 0.148. The Bertz CT molecular complexity index is 114. The van der Waals surface area contributed by atoms with E-state index in [4.69, 9.17) is 20.7 Å². The normalized spacial score (nSPS) is 44.7. The average Bonchev–Trinajstić information content (AvgIpc) is 2.30. The fraction of sp³-hybridized carbons (Fsp3) is 1.00. The van der Waals surface area contributed by atoms with Crippen LogP contribution in [-0.2, 0) is 4.74 Å². The Balaban J connectivity index is 2.53. The molecule has 5 N–H and O–H groups in total. The zero-order chi connectivity index (χ0) is 8.43. The predicted octanol–water partition coefficient (Wildman–Crippen LogP) is -2.57. The summed E-state index contributed by atoms with van der Waals surface area (Å²) in [4.78, 5) is 0. The lowest BCUT2D eigenvalue weighted by Crippen LogP contribution is -2.36. The molecular weight excluding hydrogens is 150 g/mol. The van der Waals surface area contributed by atoms with E-state index in [-0.39, 0.29) is 13.2 Å². The SMILES string of the molecule is NC[C@@H]1O[C@H](CO)C(O)C1O. The predicted molar refractivity (Wildman–Crippen MR) is 36.8 cm³/mol. The van der Waals surface area contributed by atoms with Crippen LogP contribution in [0.2, 0.25) is 0 Å². The Morgan fingerprint density at radius 2 is 1.73 bits per heavy atom. The molecule has 1 aliphatic rings. The molecule has 0 aromatic rings. The van der Waals surface area contributed by atoms with E-state index in [9.17, 15) is 5.11 Å². The lowest BCUT2D eigenvalue weighted by Gasteiger charge is -2.11. The molecule has 11 heavy (non-hydrogen) atoms. The summed E-state index contributed by atoms with van der Waals surface area (Å²) in [6.45, 7) is -0.149. The number of hydrogen-bond acceptors (Lipinski definition) is 5. The van der Waals surface area contributed by atoms with Gasteiger partial charge in [-0.25, -0.2) is 0 Å². The summed E-state index contributed by atoms with van der Waals surface area (Å²) in [6, 6.07) is 0. The van der Waals surface area contributed by atoms with E-state index in [1.807, 2.05) is 0 Å². The monoisotopic (exact) mass is 163 g/mol. The Morgan fingerprint density at radius 1 is 1.18 bits per heavy atom. The van der Waals surface area contributed by atoms with Gasteiger partial charge in [0.15, 0.2) is 0 Å². The second-order valence-electron chi connectivity index (χ2n) is 2.61. The fourth-order valence-corrected chi connectivity index (χ4v) is 1.17. The summed E-state index contributed by atoms with van der Waals surface area (Å²) in [5.41, 5.74) is 5.23. The molecule has 1 saturated heterocycles. The second-order valence-corrected chi connectivity index (χ2v) is 2.61. The molecule has 0 saturated carbocycles. The largest absolute Gasteiger partial charge is 0.394 e. The number of aliphatic hydroxyl groups excluding tert-OH is 3. The maximum atomic E-state index is 9.19. The molecular formula is C6H13NO4. The van der Waals surface area contributed by atoms with Crippen molar-refractivity contribution in [2.75, 3.05) is 13.2 Å². The summed E-state index contributed by atoms with van der Waals surface area (Å²) >= 11 is 0. The lowest BCUT2D eigenvalue weighted by atomic mass is 10.1. The average molecular weight is 163 g/mol. The van der Waals surface area contributed by atoms with Gasteiger partial charge < -0.3 is 25.8 Å². The van der Waals surface area contributed by atoms with Crippen molar-refractivity contribution in [3.8, 4) is 0 Å². The molecule has 0 aromatic heterocycles. The maximum absolute atomic E-state index is 9.19. The van der Waals surface area contributed by atoms with Gasteiger partial charge in [-0.05, 0) is 0 Å². The Labute approximate surface area is 64.4 Å². The van der Waals surface area contributed by atoms with Crippen LogP contribution in [0.1, 0.15) is 0 Å². The highest BCUT2D eigenvalue weighted by Crippen LogP contribution is 2.19. The minimum Gasteiger partial charge on any atom is -0.394 e. The van der Waals surface area contributed by atoms with E-state index >= 15 is 0 Å². The Hall–Kier alpha value is -0.200. The smallest absolute Gasteiger partial charge is 0.111 e. The summed E-state index contributed by atoms with van der Waals surface area (Å²) < 4.78 is 5.01. The third-order valence-electron chi connectivity index (χ3n) is 1.87. The molecule has 1 aliphatic heterocycles. The Morgan fingerprint density at radius 3 is 2.00 bits per heavy atom. The van der Waals surface area contributed by atoms with E-state index in [1.54, 1.807) is 0 Å². The van der Waals surface area contributed by atoms with Crippen molar-refractivity contribution in [2.24, 2.45) is 5.73 Å². The van der Waals surface area contributed by atoms with Gasteiger partial charge in [-0.15, -0.1) is 0 Å². The topological polar surface area (TPSA) is 95.9 Å². The standard InChI is InChI=1S/C6H13NO4/c7-1-3-5(9)6(10)4(2-8)11-3/h3-6,8-10H,1-2,7H2/t3-,4+,5?,6?/m0/s1. The van der Waals surface area contributed by atoms with Crippen molar-refractivity contribution in [3.05, 3.63) is 0 Å². The van der Waals surface area contributed by atoms with Crippen molar-refractivity contribution >= 4 is 0 Å². The molecule has 5 nitrogen and oxygen atoms in total. The van der Waals surface area contributed by atoms with Crippen LogP contribution in [0.25, 0.3) is 0 Å². The molecule has 2 unspecified atom stereocenters. The zero-order valence-electron chi connectivity index (χ0n) is 6.05. The van der Waals surface area contributed by atoms with Crippen molar-refractivity contribution in [1.82, 2.24) is 0 Å². The molecule has 4 atom stereocenters. The van der Waals surface area contributed by atoms with E-state index in [1.165, 1.54) is 0 Å². The first-order valence-corrected chi connectivity index (χ1v) is 3.53. The molecule has 0 bridgehead atoms. The molecule has 0 spiro atoms. The summed E-state index contributed by atoms with van der Waals surface area (Å²) in [5, 5.41) is 27.0. The van der Waals surface area contributed by atoms with Crippen LogP contribution in [0.4, 0.5) is 0 Å². The van der Waals surface area contributed by atoms with Gasteiger partial charge in [0.1, 0.15) is 18.3 Å². The highest BCUT2D eigenvalue weighted by atomic mass is 16.6. The molecule has 5 heteroatoms. The van der Waals surface area contributed by atoms with Gasteiger partial charge in [0.05, 0.1) is 12.7 Å². The molecule has 66 valence electrons. The first kappa shape index (κ1) is 8.89. The summed E-state index contributed by atoms with van der Waals surface area (Å²) in [6.07, 6.45) is -3.24. The number of aliphatic hydroxyl groups is 3. The second kappa shape index (κ2) is 3.46. The lowest BCUT2D eigenvalue weighted by molar-refractivity contribution is -0.0193. The third-order valence-corrected chi connectivity index (χ3v) is 1.87. The minimum atomic E-state index is -1.02. The van der Waals surface area contributed by atoms with Gasteiger partial charge in [0.25, 0.3) is 0 Å². The van der Waals surface area contributed by atoms with Crippen LogP contribution in [0.15, 0.2) is 0 Å². The highest BCUT2D eigenvalue weighted by Gasteiger charge is 2.41. The number of hydrogen-bond donors (Lipinski definition) is 4. The molecule has 0 aliphatic carbocycles. The number of nitrogens with two attached hydrogens (primary N) is 1. The van der Waals surface area contributed by atoms with Gasteiger partial charge in [0, 0.05) is 6.54 Å². The van der Waals surface area contributed by atoms with Crippen LogP contribution in [-0.4, -0.2) is 52.9 Å². The number of ether oxygens (including phenoxy) is 1. The van der Waals surface area contributed by atoms with Crippen molar-refractivity contribution in [3.63, 3.8) is 0 Å². The molecule has 0 amide bonds. The van der Waals surface area contributed by atoms with Crippen LogP contribution in [0.3, 0.4) is 0 Å². The van der Waals surface area contributed by atoms with Crippen LogP contribution < -0.4 is 5.73 Å². The van der Waals surface area contributed by atoms with Gasteiger partial charge in [0.2, 0.25) is 0 Å². The number of rotatable bonds is 2. The first-order valence-electron chi connectivity index (χ1n) is 3.53. The van der Waals surface area contributed by atoms with E-state index < -0.39 is 24.4 Å². The van der Waals surface area contributed by atoms with Gasteiger partial charge in [-0.1, -0.05) is 0 Å². The van der Waals surface area contributed by atoms with Crippen LogP contribution in [0.5, 0.6) is 0 Å². The van der Waals surface area contributed by atoms with E-state index in [0.29, 0.717) is 0 Å². The first-order chi connectivity index (χ1) is 5.20. The van der Waals surface area contributed by atoms with E-state index in [0.717, 1.165) is 0 Å². The summed E-state index contributed by atoms with van der Waals surface area (Å²) in [7, 11) is 0. The van der Waals surface area contributed by atoms with Crippen molar-refractivity contribution < 1.29 is 20.1 Å². The van der Waals surface area contributed by atoms with Crippen molar-refractivity contribution in [1.29, 1.82) is 0 Å². The van der Waals surface area contributed by atoms with Gasteiger partial charge in [-0.3, -0.25) is 0 Å². The summed E-state index contributed by atoms with van der Waals surface area (Å²) in [5.74, 6) is 0. The molecule has 1 fully saturated rings. The van der Waals surface area contributed by atoms with Gasteiger partial charge in [-0.2, -0.15) is 0 Å². The van der Waals surface area contributed by atoms with E-state index in [2.05, 4.69) is 0 Å². The quantitative estimate of drug-likeness (QED) is 0.359. The van der Waals surface area contributed by atoms with Gasteiger partial charge >= 0.3 is 0 Å². The van der Waals surface area contributed by atoms with Crippen molar-refractivity contribution in [2.45, 2.75) is 24.4 Å². The Kier molecular flexibility index (Phi) is 2.80. The fourth-order valence-electron chi connectivity index (χ4n) is 1.17. The van der Waals surface area contributed by atoms with Crippen LogP contribution >= 0.6 is 0 Å². The molecule has 1 heterocycles. The molecule has 1 rings (SSSR count).